The van der Waals surface area contributed by atoms with Crippen LogP contribution in [-0.4, -0.2) is 53.0 Å². The molecule has 4 saturated carbocycles. The molecular weight excluding hydrogens is 690 g/mol. The van der Waals surface area contributed by atoms with Gasteiger partial charge >= 0.3 is 17.9 Å². The Balaban J connectivity index is 1.42. The Morgan fingerprint density at radius 3 is 2.37 bits per heavy atom. The van der Waals surface area contributed by atoms with Crippen molar-refractivity contribution in [2.75, 3.05) is 6.61 Å². The van der Waals surface area contributed by atoms with Crippen molar-refractivity contribution >= 4 is 17.9 Å². The summed E-state index contributed by atoms with van der Waals surface area (Å²) < 4.78 is 18.1. The molecule has 298 valence electrons. The van der Waals surface area contributed by atoms with E-state index in [0.29, 0.717) is 50.5 Å². The quantitative estimate of drug-likeness (QED) is 0.0374. The third-order valence-electron chi connectivity index (χ3n) is 14.0. The Labute approximate surface area is 320 Å². The van der Waals surface area contributed by atoms with E-state index in [1.165, 1.54) is 6.92 Å². The molecule has 0 aromatic heterocycles. The van der Waals surface area contributed by atoms with Crippen LogP contribution in [0.5, 0.6) is 0 Å². The molecule has 1 aromatic carbocycles. The average Bonchev–Trinajstić information content (AvgIpc) is 3.37. The predicted octanol–water partition coefficient (Wildman–Crippen LogP) is 8.25. The zero-order valence-electron chi connectivity index (χ0n) is 33.3. The summed E-state index contributed by atoms with van der Waals surface area (Å²) in [4.78, 5) is 54.5. The van der Waals surface area contributed by atoms with Crippen molar-refractivity contribution in [2.24, 2.45) is 39.9 Å². The van der Waals surface area contributed by atoms with Crippen LogP contribution in [0.15, 0.2) is 53.1 Å². The Morgan fingerprint density at radius 2 is 1.70 bits per heavy atom. The van der Waals surface area contributed by atoms with Gasteiger partial charge in [0.25, 0.3) is 5.09 Å². The van der Waals surface area contributed by atoms with Crippen molar-refractivity contribution < 1.29 is 43.6 Å². The number of rotatable bonds is 14. The number of unbranched alkanes of at least 4 members (excludes halogenated alkanes) is 1. The molecule has 10 atom stereocenters. The molecule has 0 radical (unpaired) electrons. The molecule has 11 heteroatoms. The minimum atomic E-state index is -0.826. The number of carbonyl (C=O) groups is 3. The fourth-order valence-electron chi connectivity index (χ4n) is 11.5. The molecule has 4 aliphatic carbocycles. The zero-order valence-corrected chi connectivity index (χ0v) is 33.3. The third-order valence-corrected chi connectivity index (χ3v) is 14.0. The minimum absolute atomic E-state index is 0.0444. The van der Waals surface area contributed by atoms with Crippen molar-refractivity contribution in [3.05, 3.63) is 68.8 Å². The Bertz CT molecular complexity index is 1600. The van der Waals surface area contributed by atoms with Gasteiger partial charge < -0.3 is 24.2 Å². The number of aliphatic hydroxyl groups is 1. The Kier molecular flexibility index (Phi) is 13.0. The van der Waals surface area contributed by atoms with Crippen LogP contribution in [0, 0.1) is 50.0 Å². The van der Waals surface area contributed by atoms with E-state index in [-0.39, 0.29) is 71.6 Å². The van der Waals surface area contributed by atoms with Crippen LogP contribution in [0.2, 0.25) is 0 Å². The van der Waals surface area contributed by atoms with E-state index in [4.69, 9.17) is 14.2 Å². The average molecular weight is 752 g/mol. The SMILES string of the molecule is CC(=O)O[C@H]1C[C@@]2(C)C(C[C@@H](O)C3[C@@]4(C)CC[C@@H](OC(=O)CCCCO[N+](=O)[O-])[C@@H](C)C4CC[C@@]32C)/C1=C(\CCC=C(C)C)C(=O)OCc1ccccc1. The predicted molar refractivity (Wildman–Crippen MR) is 202 cm³/mol. The number of carbonyl (C=O) groups excluding carboxylic acids is 3. The van der Waals surface area contributed by atoms with Crippen LogP contribution in [0.4, 0.5) is 0 Å². The van der Waals surface area contributed by atoms with Crippen LogP contribution in [0.25, 0.3) is 0 Å². The van der Waals surface area contributed by atoms with Crippen molar-refractivity contribution in [3.63, 3.8) is 0 Å². The number of nitrogens with zero attached hydrogens (tertiary/aromatic N) is 1. The first-order chi connectivity index (χ1) is 25.5. The molecule has 4 aliphatic rings. The molecule has 1 N–H and O–H groups in total. The number of allylic oxidation sites excluding steroid dienone is 2. The first-order valence-electron chi connectivity index (χ1n) is 19.9. The lowest BCUT2D eigenvalue weighted by Crippen LogP contribution is -2.65. The molecule has 5 rings (SSSR count). The lowest BCUT2D eigenvalue weighted by Gasteiger charge is -2.69. The third kappa shape index (κ3) is 8.41. The summed E-state index contributed by atoms with van der Waals surface area (Å²) in [5.41, 5.74) is 2.46. The van der Waals surface area contributed by atoms with Gasteiger partial charge in [0.1, 0.15) is 18.8 Å². The number of hydrogen-bond donors (Lipinski definition) is 1. The van der Waals surface area contributed by atoms with E-state index in [0.717, 1.165) is 36.0 Å². The molecule has 0 aliphatic heterocycles. The molecular formula is C43H61NO10. The topological polar surface area (TPSA) is 152 Å². The second-order valence-electron chi connectivity index (χ2n) is 17.4. The van der Waals surface area contributed by atoms with Crippen LogP contribution < -0.4 is 0 Å². The van der Waals surface area contributed by atoms with Crippen molar-refractivity contribution in [1.82, 2.24) is 0 Å². The summed E-state index contributed by atoms with van der Waals surface area (Å²) >= 11 is 0. The van der Waals surface area contributed by atoms with E-state index in [1.54, 1.807) is 0 Å². The highest BCUT2D eigenvalue weighted by atomic mass is 16.9. The highest BCUT2D eigenvalue weighted by Crippen LogP contribution is 2.74. The maximum Gasteiger partial charge on any atom is 0.334 e. The highest BCUT2D eigenvalue weighted by molar-refractivity contribution is 5.90. The van der Waals surface area contributed by atoms with Gasteiger partial charge in [-0.2, -0.15) is 0 Å². The van der Waals surface area contributed by atoms with E-state index in [1.807, 2.05) is 44.2 Å². The minimum Gasteiger partial charge on any atom is -0.462 e. The Morgan fingerprint density at radius 1 is 0.981 bits per heavy atom. The van der Waals surface area contributed by atoms with E-state index < -0.39 is 29.2 Å². The summed E-state index contributed by atoms with van der Waals surface area (Å²) in [6.45, 7) is 14.7. The molecule has 0 bridgehead atoms. The van der Waals surface area contributed by atoms with Crippen LogP contribution in [-0.2, 0) is 40.0 Å². The number of esters is 3. The van der Waals surface area contributed by atoms with E-state index >= 15 is 0 Å². The number of fused-ring (bicyclic) bond motifs is 5. The maximum atomic E-state index is 14.2. The van der Waals surface area contributed by atoms with E-state index in [9.17, 15) is 29.6 Å². The van der Waals surface area contributed by atoms with Gasteiger partial charge in [-0.1, -0.05) is 69.7 Å². The van der Waals surface area contributed by atoms with Gasteiger partial charge in [0.05, 0.1) is 12.7 Å². The molecule has 0 amide bonds. The van der Waals surface area contributed by atoms with Crippen LogP contribution in [0.1, 0.15) is 125 Å². The molecule has 0 saturated heterocycles. The molecule has 1 aromatic rings. The summed E-state index contributed by atoms with van der Waals surface area (Å²) in [5.74, 6) is -1.03. The first kappa shape index (κ1) is 41.4. The summed E-state index contributed by atoms with van der Waals surface area (Å²) in [5, 5.41) is 22.0. The first-order valence-corrected chi connectivity index (χ1v) is 19.9. The number of hydrogen-bond acceptors (Lipinski definition) is 10. The number of benzene rings is 1. The fraction of sp³-hybridized carbons (Fsp3) is 0.698. The molecule has 11 nitrogen and oxygen atoms in total. The van der Waals surface area contributed by atoms with Gasteiger partial charge in [0.15, 0.2) is 0 Å². The highest BCUT2D eigenvalue weighted by Gasteiger charge is 2.71. The second kappa shape index (κ2) is 17.0. The van der Waals surface area contributed by atoms with Gasteiger partial charge in [0.2, 0.25) is 0 Å². The number of aliphatic hydroxyl groups excluding tert-OH is 1. The van der Waals surface area contributed by atoms with Gasteiger partial charge in [-0.3, -0.25) is 9.59 Å². The molecule has 0 spiro atoms. The lowest BCUT2D eigenvalue weighted by molar-refractivity contribution is -0.757. The number of ether oxygens (including phenoxy) is 3. The van der Waals surface area contributed by atoms with Gasteiger partial charge in [-0.25, -0.2) is 4.79 Å². The van der Waals surface area contributed by atoms with Crippen molar-refractivity contribution in [2.45, 2.75) is 144 Å². The molecule has 4 fully saturated rings. The lowest BCUT2D eigenvalue weighted by atomic mass is 9.36. The standard InChI is InChI=1S/C43H61NO10/c1-27(2)14-13-17-31(40(48)51-26-30-15-9-8-10-16-30)38-33-24-34(46)39-41(5)21-20-35(54-37(47)18-11-12-23-52-44(49)50)28(3)32(41)19-22-42(39,6)43(33,7)25-36(38)53-29(4)45/h8-10,14-16,28,32-36,39,46H,11-13,17-26H2,1-7H3/b38-31-/t28-,32?,33?,34+,35+,36-,39?,41-,42-,43-/m0/s1. The van der Waals surface area contributed by atoms with E-state index in [2.05, 4.69) is 38.6 Å². The summed E-state index contributed by atoms with van der Waals surface area (Å²) in [6.07, 6.45) is 6.98. The largest absolute Gasteiger partial charge is 0.462 e. The van der Waals surface area contributed by atoms with Crippen LogP contribution >= 0.6 is 0 Å². The van der Waals surface area contributed by atoms with Crippen molar-refractivity contribution in [3.8, 4) is 0 Å². The smallest absolute Gasteiger partial charge is 0.334 e. The summed E-state index contributed by atoms with van der Waals surface area (Å²) in [6, 6.07) is 9.59. The fourth-order valence-corrected chi connectivity index (χ4v) is 11.5. The van der Waals surface area contributed by atoms with Crippen LogP contribution in [0.3, 0.4) is 0 Å². The van der Waals surface area contributed by atoms with Gasteiger partial charge in [-0.15, -0.1) is 10.1 Å². The maximum absolute atomic E-state index is 14.2. The second-order valence-corrected chi connectivity index (χ2v) is 17.4. The molecule has 54 heavy (non-hydrogen) atoms. The zero-order chi connectivity index (χ0) is 39.4. The van der Waals surface area contributed by atoms with Crippen molar-refractivity contribution in [1.29, 1.82) is 0 Å². The molecule has 0 heterocycles. The monoisotopic (exact) mass is 751 g/mol. The van der Waals surface area contributed by atoms with Gasteiger partial charge in [0, 0.05) is 18.9 Å². The Hall–Kier alpha value is -3.73. The summed E-state index contributed by atoms with van der Waals surface area (Å²) in [7, 11) is 0. The normalized spacial score (nSPS) is 35.0. The molecule has 3 unspecified atom stereocenters. The van der Waals surface area contributed by atoms with Gasteiger partial charge in [-0.05, 0) is 129 Å².